The third-order valence-electron chi connectivity index (χ3n) is 5.38. The molecule has 1 aromatic heterocycles. The zero-order chi connectivity index (χ0) is 20.9. The van der Waals surface area contributed by atoms with Gasteiger partial charge in [0.1, 0.15) is 11.0 Å². The number of benzene rings is 2. The van der Waals surface area contributed by atoms with Crippen molar-refractivity contribution in [3.8, 4) is 17.1 Å². The van der Waals surface area contributed by atoms with Crippen molar-refractivity contribution < 1.29 is 9.53 Å². The molecule has 0 N–H and O–H groups in total. The Hall–Kier alpha value is -2.80. The monoisotopic (exact) mass is 422 g/mol. The molecule has 0 aliphatic carbocycles. The van der Waals surface area contributed by atoms with Crippen LogP contribution in [0.4, 0.5) is 0 Å². The number of piperidine rings is 1. The van der Waals surface area contributed by atoms with E-state index < -0.39 is 0 Å². The topological polar surface area (TPSA) is 60.3 Å². The van der Waals surface area contributed by atoms with E-state index in [1.54, 1.807) is 7.11 Å². The number of rotatable bonds is 6. The highest BCUT2D eigenvalue weighted by Crippen LogP contribution is 2.37. The number of carbonyl (C=O) groups is 1. The quantitative estimate of drug-likeness (QED) is 0.553. The lowest BCUT2D eigenvalue weighted by molar-refractivity contribution is -0.131. The van der Waals surface area contributed by atoms with Crippen molar-refractivity contribution in [1.82, 2.24) is 19.7 Å². The Kier molecular flexibility index (Phi) is 6.38. The second kappa shape index (κ2) is 9.34. The Morgan fingerprint density at radius 3 is 2.53 bits per heavy atom. The number of likely N-dealkylation sites (tertiary alicyclic amines) is 1. The fourth-order valence-electron chi connectivity index (χ4n) is 3.71. The molecule has 0 saturated carbocycles. The van der Waals surface area contributed by atoms with E-state index in [1.165, 1.54) is 18.2 Å². The van der Waals surface area contributed by atoms with E-state index in [4.69, 9.17) is 4.74 Å². The Bertz CT molecular complexity index is 999. The van der Waals surface area contributed by atoms with Crippen molar-refractivity contribution in [2.24, 2.45) is 7.05 Å². The molecule has 1 saturated heterocycles. The second-order valence-corrected chi connectivity index (χ2v) is 8.46. The van der Waals surface area contributed by atoms with Crippen LogP contribution in [0.1, 0.15) is 30.1 Å². The molecule has 2 heterocycles. The van der Waals surface area contributed by atoms with E-state index in [-0.39, 0.29) is 11.2 Å². The first-order chi connectivity index (χ1) is 14.7. The zero-order valence-corrected chi connectivity index (χ0v) is 18.1. The number of carbonyl (C=O) groups excluding carboxylic acids is 1. The van der Waals surface area contributed by atoms with Crippen molar-refractivity contribution in [3.05, 3.63) is 60.2 Å². The van der Waals surface area contributed by atoms with Crippen molar-refractivity contribution >= 4 is 17.7 Å². The van der Waals surface area contributed by atoms with Crippen LogP contribution in [0.25, 0.3) is 11.4 Å². The minimum Gasteiger partial charge on any atom is -0.497 e. The van der Waals surface area contributed by atoms with Gasteiger partial charge < -0.3 is 14.2 Å². The standard InChI is InChI=1S/C23H26N4O2S/c1-26-21(18-12-9-13-19(16-18)29-2)24-25-23(26)30-20(17-10-5-3-6-11-17)22(28)27-14-7-4-8-15-27/h3,5-6,9-13,16,20H,4,7-8,14-15H2,1-2H3. The average Bonchev–Trinajstić information content (AvgIpc) is 3.18. The lowest BCUT2D eigenvalue weighted by Gasteiger charge is -2.30. The molecule has 0 radical (unpaired) electrons. The van der Waals surface area contributed by atoms with E-state index in [1.807, 2.05) is 71.1 Å². The summed E-state index contributed by atoms with van der Waals surface area (Å²) < 4.78 is 7.27. The van der Waals surface area contributed by atoms with Gasteiger partial charge in [0.05, 0.1) is 7.11 Å². The van der Waals surface area contributed by atoms with E-state index in [9.17, 15) is 4.79 Å². The molecule has 4 rings (SSSR count). The van der Waals surface area contributed by atoms with Gasteiger partial charge in [-0.25, -0.2) is 0 Å². The van der Waals surface area contributed by atoms with Crippen molar-refractivity contribution in [2.45, 2.75) is 29.7 Å². The summed E-state index contributed by atoms with van der Waals surface area (Å²) in [6.45, 7) is 1.66. The molecule has 3 aromatic rings. The van der Waals surface area contributed by atoms with Gasteiger partial charge in [-0.2, -0.15) is 0 Å². The highest BCUT2D eigenvalue weighted by atomic mass is 32.2. The first-order valence-electron chi connectivity index (χ1n) is 10.2. The first kappa shape index (κ1) is 20.5. The maximum atomic E-state index is 13.4. The van der Waals surface area contributed by atoms with Gasteiger partial charge in [0.25, 0.3) is 0 Å². The summed E-state index contributed by atoms with van der Waals surface area (Å²) in [6.07, 6.45) is 3.34. The van der Waals surface area contributed by atoms with Gasteiger partial charge in [-0.1, -0.05) is 54.2 Å². The molecule has 2 aromatic carbocycles. The number of methoxy groups -OCH3 is 1. The Balaban J connectivity index is 1.63. The van der Waals surface area contributed by atoms with E-state index in [2.05, 4.69) is 10.2 Å². The summed E-state index contributed by atoms with van der Waals surface area (Å²) in [5.74, 6) is 1.66. The lowest BCUT2D eigenvalue weighted by Crippen LogP contribution is -2.38. The number of ether oxygens (including phenoxy) is 1. The number of amides is 1. The van der Waals surface area contributed by atoms with Crippen LogP contribution < -0.4 is 4.74 Å². The van der Waals surface area contributed by atoms with E-state index in [0.717, 1.165) is 48.6 Å². The maximum absolute atomic E-state index is 13.4. The number of aromatic nitrogens is 3. The SMILES string of the molecule is COc1cccc(-c2nnc(SC(C(=O)N3CCCCC3)c3ccccc3)n2C)c1. The van der Waals surface area contributed by atoms with Crippen LogP contribution in [0, 0.1) is 0 Å². The lowest BCUT2D eigenvalue weighted by atomic mass is 10.1. The minimum absolute atomic E-state index is 0.150. The Morgan fingerprint density at radius 1 is 1.03 bits per heavy atom. The third-order valence-corrected chi connectivity index (χ3v) is 6.66. The molecule has 1 atom stereocenters. The summed E-state index contributed by atoms with van der Waals surface area (Å²) in [7, 11) is 3.58. The molecule has 7 heteroatoms. The van der Waals surface area contributed by atoms with Crippen LogP contribution in [-0.4, -0.2) is 45.8 Å². The normalized spacial score (nSPS) is 15.1. The molecule has 0 bridgehead atoms. The van der Waals surface area contributed by atoms with Gasteiger partial charge in [0, 0.05) is 25.7 Å². The fourth-order valence-corrected chi connectivity index (χ4v) is 4.79. The van der Waals surface area contributed by atoms with Crippen LogP contribution in [0.2, 0.25) is 0 Å². The summed E-state index contributed by atoms with van der Waals surface area (Å²) in [5.41, 5.74) is 1.92. The maximum Gasteiger partial charge on any atom is 0.240 e. The molecule has 1 aliphatic rings. The van der Waals surface area contributed by atoms with Gasteiger partial charge in [-0.3, -0.25) is 4.79 Å². The van der Waals surface area contributed by atoms with Gasteiger partial charge in [-0.15, -0.1) is 10.2 Å². The molecule has 1 amide bonds. The number of hydrogen-bond donors (Lipinski definition) is 0. The molecular weight excluding hydrogens is 396 g/mol. The Morgan fingerprint density at radius 2 is 1.80 bits per heavy atom. The van der Waals surface area contributed by atoms with Gasteiger partial charge >= 0.3 is 0 Å². The summed E-state index contributed by atoms with van der Waals surface area (Å²) in [5, 5.41) is 9.17. The fraction of sp³-hybridized carbons (Fsp3) is 0.348. The predicted octanol–water partition coefficient (Wildman–Crippen LogP) is 4.34. The molecule has 1 aliphatic heterocycles. The van der Waals surface area contributed by atoms with Crippen LogP contribution in [0.3, 0.4) is 0 Å². The van der Waals surface area contributed by atoms with Crippen molar-refractivity contribution in [3.63, 3.8) is 0 Å². The highest BCUT2D eigenvalue weighted by Gasteiger charge is 2.29. The predicted molar refractivity (Wildman–Crippen MR) is 118 cm³/mol. The largest absolute Gasteiger partial charge is 0.497 e. The summed E-state index contributed by atoms with van der Waals surface area (Å²) in [6, 6.07) is 17.7. The van der Waals surface area contributed by atoms with Gasteiger partial charge in [0.15, 0.2) is 11.0 Å². The number of thioether (sulfide) groups is 1. The molecule has 6 nitrogen and oxygen atoms in total. The Labute approximate surface area is 181 Å². The third kappa shape index (κ3) is 4.36. The van der Waals surface area contributed by atoms with Crippen LogP contribution >= 0.6 is 11.8 Å². The van der Waals surface area contributed by atoms with Crippen LogP contribution in [-0.2, 0) is 11.8 Å². The van der Waals surface area contributed by atoms with Crippen LogP contribution in [0.15, 0.2) is 59.8 Å². The molecule has 1 unspecified atom stereocenters. The van der Waals surface area contributed by atoms with Crippen molar-refractivity contribution in [1.29, 1.82) is 0 Å². The average molecular weight is 423 g/mol. The summed E-state index contributed by atoms with van der Waals surface area (Å²) >= 11 is 1.46. The first-order valence-corrected chi connectivity index (χ1v) is 11.1. The molecular formula is C23H26N4O2S. The number of nitrogens with zero attached hydrogens (tertiary/aromatic N) is 4. The minimum atomic E-state index is -0.342. The smallest absolute Gasteiger partial charge is 0.240 e. The molecule has 30 heavy (non-hydrogen) atoms. The highest BCUT2D eigenvalue weighted by molar-refractivity contribution is 8.00. The molecule has 1 fully saturated rings. The second-order valence-electron chi connectivity index (χ2n) is 7.39. The van der Waals surface area contributed by atoms with Crippen LogP contribution in [0.5, 0.6) is 5.75 Å². The van der Waals surface area contributed by atoms with Gasteiger partial charge in [0.2, 0.25) is 5.91 Å². The van der Waals surface area contributed by atoms with Crippen molar-refractivity contribution in [2.75, 3.05) is 20.2 Å². The summed E-state index contributed by atoms with van der Waals surface area (Å²) in [4.78, 5) is 15.4. The van der Waals surface area contributed by atoms with E-state index in [0.29, 0.717) is 5.16 Å². The van der Waals surface area contributed by atoms with Gasteiger partial charge in [-0.05, 0) is 37.0 Å². The number of hydrogen-bond acceptors (Lipinski definition) is 5. The zero-order valence-electron chi connectivity index (χ0n) is 17.3. The van der Waals surface area contributed by atoms with E-state index >= 15 is 0 Å². The molecule has 0 spiro atoms. The molecule has 156 valence electrons.